The average molecular weight is 564 g/mol. The lowest BCUT2D eigenvalue weighted by molar-refractivity contribution is -0.122. The van der Waals surface area contributed by atoms with Gasteiger partial charge in [0, 0.05) is 27.6 Å². The van der Waals surface area contributed by atoms with E-state index in [1.54, 1.807) is 30.3 Å². The molecule has 4 atom stereocenters. The van der Waals surface area contributed by atoms with Gasteiger partial charge in [-0.05, 0) is 71.8 Å². The highest BCUT2D eigenvalue weighted by atomic mass is 35.5. The van der Waals surface area contributed by atoms with Crippen LogP contribution in [0.15, 0.2) is 103 Å². The summed E-state index contributed by atoms with van der Waals surface area (Å²) in [5, 5.41) is 6.46. The Bertz CT molecular complexity index is 1750. The van der Waals surface area contributed by atoms with Crippen LogP contribution in [-0.2, 0) is 15.0 Å². The Morgan fingerprint density at radius 1 is 0.902 bits per heavy atom. The third-order valence-corrected chi connectivity index (χ3v) is 8.59. The maximum absolute atomic E-state index is 14.6. The minimum absolute atomic E-state index is 0.217. The van der Waals surface area contributed by atoms with Gasteiger partial charge in [0.25, 0.3) is 0 Å². The van der Waals surface area contributed by atoms with Crippen molar-refractivity contribution in [3.63, 3.8) is 0 Å². The highest BCUT2D eigenvalue weighted by molar-refractivity contribution is 6.30. The Labute approximate surface area is 240 Å². The van der Waals surface area contributed by atoms with E-state index in [4.69, 9.17) is 11.6 Å². The molecule has 4 aromatic carbocycles. The van der Waals surface area contributed by atoms with Gasteiger partial charge in [-0.2, -0.15) is 0 Å². The second-order valence-electron chi connectivity index (χ2n) is 10.4. The number of Topliss-reactive ketones (excluding diaryl/α,β-unsaturated/α-hetero) is 1. The topological polar surface area (TPSA) is 78.5 Å². The van der Waals surface area contributed by atoms with Gasteiger partial charge in [-0.25, -0.2) is 4.39 Å². The molecule has 3 heterocycles. The fourth-order valence-electron chi connectivity index (χ4n) is 6.66. The number of anilines is 3. The molecule has 1 saturated heterocycles. The molecule has 0 bridgehead atoms. The van der Waals surface area contributed by atoms with E-state index in [2.05, 4.69) is 10.6 Å². The molecule has 0 aliphatic carbocycles. The van der Waals surface area contributed by atoms with Crippen LogP contribution in [0.2, 0.25) is 5.02 Å². The van der Waals surface area contributed by atoms with E-state index in [1.165, 1.54) is 24.3 Å². The molecule has 6 nitrogen and oxygen atoms in total. The predicted molar refractivity (Wildman–Crippen MR) is 157 cm³/mol. The number of benzene rings is 4. The molecule has 2 N–H and O–H groups in total. The van der Waals surface area contributed by atoms with E-state index >= 15 is 0 Å². The molecule has 202 valence electrons. The van der Waals surface area contributed by atoms with Crippen molar-refractivity contribution >= 4 is 52.3 Å². The summed E-state index contributed by atoms with van der Waals surface area (Å²) in [5.41, 5.74) is 2.13. The Balaban J connectivity index is 1.48. The first-order valence-electron chi connectivity index (χ1n) is 13.2. The van der Waals surface area contributed by atoms with Gasteiger partial charge in [0.05, 0.1) is 12.0 Å². The number of carbonyl (C=O) groups is 3. The van der Waals surface area contributed by atoms with Gasteiger partial charge in [0.1, 0.15) is 17.3 Å². The first-order chi connectivity index (χ1) is 19.9. The third-order valence-electron chi connectivity index (χ3n) is 8.33. The van der Waals surface area contributed by atoms with Crippen LogP contribution in [0.5, 0.6) is 0 Å². The zero-order valence-electron chi connectivity index (χ0n) is 21.6. The Morgan fingerprint density at radius 3 is 2.39 bits per heavy atom. The fourth-order valence-corrected chi connectivity index (χ4v) is 6.79. The van der Waals surface area contributed by atoms with Crippen LogP contribution < -0.4 is 15.5 Å². The maximum Gasteiger partial charge on any atom is 0.247 e. The van der Waals surface area contributed by atoms with Crippen LogP contribution >= 0.6 is 11.6 Å². The Kier molecular flexibility index (Phi) is 5.80. The number of rotatable bonds is 4. The zero-order chi connectivity index (χ0) is 28.3. The largest absolute Gasteiger partial charge is 0.350 e. The number of para-hydroxylation sites is 2. The summed E-state index contributed by atoms with van der Waals surface area (Å²) in [5.74, 6) is -2.87. The van der Waals surface area contributed by atoms with Gasteiger partial charge in [-0.15, -0.1) is 0 Å². The number of fused-ring (bicyclic) bond motifs is 6. The summed E-state index contributed by atoms with van der Waals surface area (Å²) in [6.07, 6.45) is 3.84. The number of halogens is 2. The third kappa shape index (κ3) is 3.73. The molecule has 8 heteroatoms. The van der Waals surface area contributed by atoms with Crippen molar-refractivity contribution in [2.24, 2.45) is 5.92 Å². The molecule has 1 spiro atoms. The Hall–Kier alpha value is -4.75. The summed E-state index contributed by atoms with van der Waals surface area (Å²) in [4.78, 5) is 45.1. The van der Waals surface area contributed by atoms with Crippen LogP contribution in [0, 0.1) is 11.7 Å². The van der Waals surface area contributed by atoms with Crippen molar-refractivity contribution in [1.82, 2.24) is 0 Å². The van der Waals surface area contributed by atoms with Crippen molar-refractivity contribution in [3.8, 4) is 0 Å². The number of nitrogens with zero attached hydrogens (tertiary/aromatic N) is 1. The normalized spacial score (nSPS) is 23.5. The number of carbonyl (C=O) groups excluding carboxylic acids is 3. The summed E-state index contributed by atoms with van der Waals surface area (Å²) in [7, 11) is 0. The smallest absolute Gasteiger partial charge is 0.247 e. The number of amides is 2. The highest BCUT2D eigenvalue weighted by Gasteiger charge is 2.70. The molecule has 2 amide bonds. The van der Waals surface area contributed by atoms with Crippen molar-refractivity contribution < 1.29 is 18.8 Å². The van der Waals surface area contributed by atoms with Crippen LogP contribution in [0.3, 0.4) is 0 Å². The van der Waals surface area contributed by atoms with E-state index in [1.807, 2.05) is 59.5 Å². The number of nitrogens with one attached hydrogen (secondary N) is 2. The molecule has 0 radical (unpaired) electrons. The van der Waals surface area contributed by atoms with E-state index < -0.39 is 40.9 Å². The molecule has 1 fully saturated rings. The van der Waals surface area contributed by atoms with E-state index in [0.717, 1.165) is 11.3 Å². The van der Waals surface area contributed by atoms with Crippen LogP contribution in [-0.4, -0.2) is 29.7 Å². The van der Waals surface area contributed by atoms with Gasteiger partial charge < -0.3 is 15.5 Å². The van der Waals surface area contributed by atoms with Gasteiger partial charge in [0.2, 0.25) is 11.8 Å². The van der Waals surface area contributed by atoms with Crippen molar-refractivity contribution in [2.45, 2.75) is 17.5 Å². The predicted octanol–water partition coefficient (Wildman–Crippen LogP) is 6.09. The van der Waals surface area contributed by atoms with Gasteiger partial charge >= 0.3 is 0 Å². The summed E-state index contributed by atoms with van der Waals surface area (Å²) in [6, 6.07) is 25.0. The van der Waals surface area contributed by atoms with E-state index in [9.17, 15) is 18.8 Å². The summed E-state index contributed by atoms with van der Waals surface area (Å²) < 4.78 is 13.9. The SMILES string of the molecule is O=C(Nc1ccc(Cl)cc1)[C@@H]1[C@H](C(=O)c2ccc(F)cc2)[C@@]2(C(=O)Nc3ccccc32)[C@H]2C=Cc3ccccc3N12. The van der Waals surface area contributed by atoms with Crippen molar-refractivity contribution in [2.75, 3.05) is 15.5 Å². The first-order valence-corrected chi connectivity index (χ1v) is 13.6. The summed E-state index contributed by atoms with van der Waals surface area (Å²) in [6.45, 7) is 0. The number of hydrogen-bond acceptors (Lipinski definition) is 4. The lowest BCUT2D eigenvalue weighted by atomic mass is 9.64. The van der Waals surface area contributed by atoms with Crippen LogP contribution in [0.25, 0.3) is 6.08 Å². The molecule has 3 aliphatic rings. The minimum atomic E-state index is -1.44. The van der Waals surface area contributed by atoms with Crippen LogP contribution in [0.1, 0.15) is 21.5 Å². The average Bonchev–Trinajstić information content (AvgIpc) is 3.47. The number of hydrogen-bond donors (Lipinski definition) is 2. The molecule has 41 heavy (non-hydrogen) atoms. The van der Waals surface area contributed by atoms with Crippen molar-refractivity contribution in [1.29, 1.82) is 0 Å². The standard InChI is InChI=1S/C33H23ClFN3O3/c34-21-12-16-23(17-13-21)36-31(40)29-28(30(39)20-9-14-22(35)15-10-20)33(24-6-2-3-7-25(24)37-32(33)41)27-18-11-19-5-1-4-8-26(19)38(27)29/h1-18,27-29H,(H,36,40)(H,37,41)/t27-,28-,29+,33+/m1/s1. The lowest BCUT2D eigenvalue weighted by Crippen LogP contribution is -2.51. The molecular weight excluding hydrogens is 541 g/mol. The lowest BCUT2D eigenvalue weighted by Gasteiger charge is -2.37. The molecule has 0 aromatic heterocycles. The highest BCUT2D eigenvalue weighted by Crippen LogP contribution is 2.57. The molecule has 0 unspecified atom stereocenters. The second-order valence-corrected chi connectivity index (χ2v) is 10.9. The van der Waals surface area contributed by atoms with Gasteiger partial charge in [0.15, 0.2) is 5.78 Å². The Morgan fingerprint density at radius 2 is 1.61 bits per heavy atom. The van der Waals surface area contributed by atoms with Gasteiger partial charge in [-0.1, -0.05) is 60.2 Å². The fraction of sp³-hybridized carbons (Fsp3) is 0.121. The molecule has 7 rings (SSSR count). The number of ketones is 1. The van der Waals surface area contributed by atoms with E-state index in [0.29, 0.717) is 22.0 Å². The van der Waals surface area contributed by atoms with E-state index in [-0.39, 0.29) is 11.5 Å². The molecule has 3 aliphatic heterocycles. The molecular formula is C33H23ClFN3O3. The molecule has 4 aromatic rings. The minimum Gasteiger partial charge on any atom is -0.350 e. The first kappa shape index (κ1) is 25.2. The van der Waals surface area contributed by atoms with Crippen molar-refractivity contribution in [3.05, 3.63) is 131 Å². The van der Waals surface area contributed by atoms with Crippen LogP contribution in [0.4, 0.5) is 21.5 Å². The monoisotopic (exact) mass is 563 g/mol. The maximum atomic E-state index is 14.6. The summed E-state index contributed by atoms with van der Waals surface area (Å²) >= 11 is 6.07. The zero-order valence-corrected chi connectivity index (χ0v) is 22.3. The molecule has 0 saturated carbocycles. The van der Waals surface area contributed by atoms with Gasteiger partial charge in [-0.3, -0.25) is 14.4 Å². The second kappa shape index (κ2) is 9.42. The quantitative estimate of drug-likeness (QED) is 0.295.